The molecular formula is C13H14F3N3O4. The van der Waals surface area contributed by atoms with E-state index in [1.54, 1.807) is 10.2 Å². The molecule has 1 N–H and O–H groups in total. The number of anilines is 1. The highest BCUT2D eigenvalue weighted by molar-refractivity contribution is 6.00. The van der Waals surface area contributed by atoms with Crippen LogP contribution in [-0.4, -0.2) is 49.9 Å². The van der Waals surface area contributed by atoms with Crippen LogP contribution in [0.3, 0.4) is 0 Å². The minimum absolute atomic E-state index is 0.162. The number of morpholine rings is 1. The van der Waals surface area contributed by atoms with Crippen molar-refractivity contribution in [3.05, 3.63) is 33.9 Å². The van der Waals surface area contributed by atoms with E-state index in [1.165, 1.54) is 12.1 Å². The van der Waals surface area contributed by atoms with E-state index in [4.69, 9.17) is 4.74 Å². The lowest BCUT2D eigenvalue weighted by atomic mass is 10.1. The van der Waals surface area contributed by atoms with E-state index >= 15 is 0 Å². The van der Waals surface area contributed by atoms with Crippen LogP contribution < -0.4 is 10.2 Å². The topological polar surface area (TPSA) is 84.7 Å². The predicted octanol–water partition coefficient (Wildman–Crippen LogP) is 1.72. The summed E-state index contributed by atoms with van der Waals surface area (Å²) in [7, 11) is 0. The number of ether oxygens (including phenoxy) is 1. The van der Waals surface area contributed by atoms with E-state index in [2.05, 4.69) is 0 Å². The SMILES string of the molecule is O=C(NCC(F)(F)F)c1cc([N+](=O)[O-])ccc1N1CCOCC1. The Hall–Kier alpha value is -2.36. The number of carbonyl (C=O) groups is 1. The molecule has 0 atom stereocenters. The monoisotopic (exact) mass is 333 g/mol. The summed E-state index contributed by atoms with van der Waals surface area (Å²) in [5.41, 5.74) is -0.178. The normalized spacial score (nSPS) is 15.3. The zero-order chi connectivity index (χ0) is 17.0. The minimum Gasteiger partial charge on any atom is -0.378 e. The maximum absolute atomic E-state index is 12.2. The largest absolute Gasteiger partial charge is 0.405 e. The van der Waals surface area contributed by atoms with Gasteiger partial charge in [-0.15, -0.1) is 0 Å². The molecule has 0 spiro atoms. The Labute approximate surface area is 129 Å². The summed E-state index contributed by atoms with van der Waals surface area (Å²) < 4.78 is 41.9. The molecule has 0 unspecified atom stereocenters. The third-order valence-electron chi connectivity index (χ3n) is 3.24. The van der Waals surface area contributed by atoms with Gasteiger partial charge in [-0.3, -0.25) is 14.9 Å². The number of nitrogens with zero attached hydrogens (tertiary/aromatic N) is 2. The summed E-state index contributed by atoms with van der Waals surface area (Å²) >= 11 is 0. The number of carbonyl (C=O) groups excluding carboxylic acids is 1. The van der Waals surface area contributed by atoms with Crippen LogP contribution in [0.2, 0.25) is 0 Å². The van der Waals surface area contributed by atoms with Gasteiger partial charge < -0.3 is 15.0 Å². The number of rotatable bonds is 4. The lowest BCUT2D eigenvalue weighted by Gasteiger charge is -2.30. The molecule has 1 aliphatic heterocycles. The van der Waals surface area contributed by atoms with Gasteiger partial charge in [0, 0.05) is 25.2 Å². The molecule has 1 heterocycles. The summed E-state index contributed by atoms with van der Waals surface area (Å²) in [5.74, 6) is -1.01. The Balaban J connectivity index is 2.30. The molecule has 126 valence electrons. The second-order valence-corrected chi connectivity index (χ2v) is 4.86. The molecule has 7 nitrogen and oxygen atoms in total. The van der Waals surface area contributed by atoms with Crippen LogP contribution in [0.5, 0.6) is 0 Å². The Morgan fingerprint density at radius 1 is 1.35 bits per heavy atom. The molecule has 2 rings (SSSR count). The van der Waals surface area contributed by atoms with Crippen molar-refractivity contribution in [3.8, 4) is 0 Å². The zero-order valence-corrected chi connectivity index (χ0v) is 11.9. The van der Waals surface area contributed by atoms with Crippen molar-refractivity contribution in [1.82, 2.24) is 5.32 Å². The number of non-ortho nitro benzene ring substituents is 1. The van der Waals surface area contributed by atoms with Crippen molar-refractivity contribution < 1.29 is 27.6 Å². The molecule has 23 heavy (non-hydrogen) atoms. The van der Waals surface area contributed by atoms with Crippen LogP contribution in [-0.2, 0) is 4.74 Å². The molecule has 1 saturated heterocycles. The highest BCUT2D eigenvalue weighted by Crippen LogP contribution is 2.26. The van der Waals surface area contributed by atoms with Gasteiger partial charge in [-0.25, -0.2) is 0 Å². The first-order chi connectivity index (χ1) is 10.8. The van der Waals surface area contributed by atoms with Gasteiger partial charge in [-0.2, -0.15) is 13.2 Å². The van der Waals surface area contributed by atoms with Gasteiger partial charge in [0.15, 0.2) is 0 Å². The van der Waals surface area contributed by atoms with Crippen molar-refractivity contribution in [1.29, 1.82) is 0 Å². The molecule has 1 amide bonds. The van der Waals surface area contributed by atoms with E-state index in [1.807, 2.05) is 0 Å². The van der Waals surface area contributed by atoms with Gasteiger partial charge >= 0.3 is 6.18 Å². The van der Waals surface area contributed by atoms with Crippen LogP contribution in [0.25, 0.3) is 0 Å². The van der Waals surface area contributed by atoms with E-state index < -0.39 is 23.6 Å². The molecular weight excluding hydrogens is 319 g/mol. The summed E-state index contributed by atoms with van der Waals surface area (Å²) in [6.45, 7) is 0.187. The molecule has 0 saturated carbocycles. The van der Waals surface area contributed by atoms with E-state index in [-0.39, 0.29) is 11.3 Å². The van der Waals surface area contributed by atoms with Gasteiger partial charge in [0.05, 0.1) is 29.4 Å². The van der Waals surface area contributed by atoms with Crippen molar-refractivity contribution in [2.75, 3.05) is 37.7 Å². The van der Waals surface area contributed by atoms with Gasteiger partial charge in [0.1, 0.15) is 6.54 Å². The van der Waals surface area contributed by atoms with Crippen LogP contribution in [0, 0.1) is 10.1 Å². The Kier molecular flexibility index (Phi) is 5.04. The fourth-order valence-electron chi connectivity index (χ4n) is 2.18. The minimum atomic E-state index is -4.56. The van der Waals surface area contributed by atoms with Crippen LogP contribution in [0.4, 0.5) is 24.5 Å². The quantitative estimate of drug-likeness (QED) is 0.670. The van der Waals surface area contributed by atoms with E-state index in [0.717, 1.165) is 6.07 Å². The van der Waals surface area contributed by atoms with Crippen LogP contribution >= 0.6 is 0 Å². The Morgan fingerprint density at radius 2 is 2.00 bits per heavy atom. The average molecular weight is 333 g/mol. The highest BCUT2D eigenvalue weighted by atomic mass is 19.4. The second-order valence-electron chi connectivity index (χ2n) is 4.86. The Morgan fingerprint density at radius 3 is 2.57 bits per heavy atom. The smallest absolute Gasteiger partial charge is 0.378 e. The number of halogens is 3. The number of nitro groups is 1. The van der Waals surface area contributed by atoms with Gasteiger partial charge in [-0.1, -0.05) is 0 Å². The highest BCUT2D eigenvalue weighted by Gasteiger charge is 2.29. The molecule has 1 fully saturated rings. The zero-order valence-electron chi connectivity index (χ0n) is 11.9. The number of alkyl halides is 3. The average Bonchev–Trinajstić information content (AvgIpc) is 2.52. The summed E-state index contributed by atoms with van der Waals surface area (Å²) in [6.07, 6.45) is -4.56. The lowest BCUT2D eigenvalue weighted by molar-refractivity contribution is -0.384. The molecule has 1 aromatic rings. The van der Waals surface area contributed by atoms with Gasteiger partial charge in [0.25, 0.3) is 11.6 Å². The third kappa shape index (κ3) is 4.55. The van der Waals surface area contributed by atoms with E-state index in [9.17, 15) is 28.1 Å². The number of nitrogens with one attached hydrogen (secondary N) is 1. The number of amides is 1. The number of hydrogen-bond donors (Lipinski definition) is 1. The van der Waals surface area contributed by atoms with Crippen LogP contribution in [0.15, 0.2) is 18.2 Å². The second kappa shape index (κ2) is 6.82. The molecule has 0 bridgehead atoms. The summed E-state index contributed by atoms with van der Waals surface area (Å²) in [6, 6.07) is 3.56. The maximum atomic E-state index is 12.2. The summed E-state index contributed by atoms with van der Waals surface area (Å²) in [5, 5.41) is 12.6. The molecule has 1 aromatic carbocycles. The predicted molar refractivity (Wildman–Crippen MR) is 74.5 cm³/mol. The third-order valence-corrected chi connectivity index (χ3v) is 3.24. The fraction of sp³-hybridized carbons (Fsp3) is 0.462. The Bertz CT molecular complexity index is 601. The molecule has 10 heteroatoms. The first-order valence-electron chi connectivity index (χ1n) is 6.74. The van der Waals surface area contributed by atoms with Crippen molar-refractivity contribution in [2.45, 2.75) is 6.18 Å². The summed E-state index contributed by atoms with van der Waals surface area (Å²) in [4.78, 5) is 23.9. The van der Waals surface area contributed by atoms with Crippen LogP contribution in [0.1, 0.15) is 10.4 Å². The molecule has 0 aromatic heterocycles. The fourth-order valence-corrected chi connectivity index (χ4v) is 2.18. The van der Waals surface area contributed by atoms with Gasteiger partial charge in [-0.05, 0) is 6.07 Å². The molecule has 0 aliphatic carbocycles. The lowest BCUT2D eigenvalue weighted by Crippen LogP contribution is -2.39. The molecule has 1 aliphatic rings. The number of benzene rings is 1. The van der Waals surface area contributed by atoms with Crippen molar-refractivity contribution in [2.24, 2.45) is 0 Å². The maximum Gasteiger partial charge on any atom is 0.405 e. The van der Waals surface area contributed by atoms with E-state index in [0.29, 0.717) is 32.0 Å². The molecule has 0 radical (unpaired) electrons. The standard InChI is InChI=1S/C13H14F3N3O4/c14-13(15,16)8-17-12(20)10-7-9(19(21)22)1-2-11(10)18-3-5-23-6-4-18/h1-2,7H,3-6,8H2,(H,17,20). The van der Waals surface area contributed by atoms with Crippen molar-refractivity contribution in [3.63, 3.8) is 0 Å². The van der Waals surface area contributed by atoms with Gasteiger partial charge in [0.2, 0.25) is 0 Å². The number of hydrogen-bond acceptors (Lipinski definition) is 5. The number of nitro benzene ring substituents is 1. The van der Waals surface area contributed by atoms with Crippen molar-refractivity contribution >= 4 is 17.3 Å². The first kappa shape index (κ1) is 17.0. The first-order valence-corrected chi connectivity index (χ1v) is 6.74.